The van der Waals surface area contributed by atoms with Gasteiger partial charge in [0.05, 0.1) is 24.7 Å². The molecule has 5 atom stereocenters. The van der Waals surface area contributed by atoms with Gasteiger partial charge in [-0.25, -0.2) is 0 Å². The molecule has 1 spiro atoms. The number of β-amino-alcohol motifs (C(OH)–C–C–N with tert-alkyl or cyclic N) is 1. The predicted octanol–water partition coefficient (Wildman–Crippen LogP) is 1.44. The number of cyclic esters (lactones) is 1. The molecule has 1 unspecified atom stereocenters. The van der Waals surface area contributed by atoms with Crippen molar-refractivity contribution in [3.8, 4) is 0 Å². The number of nitrogens with zero attached hydrogens (tertiary/aromatic N) is 2. The molecule has 1 aromatic rings. The molecule has 180 valence electrons. The van der Waals surface area contributed by atoms with Crippen LogP contribution in [0.15, 0.2) is 54.6 Å². The van der Waals surface area contributed by atoms with Crippen LogP contribution in [0.3, 0.4) is 0 Å². The zero-order valence-electron chi connectivity index (χ0n) is 19.3. The Hall–Kier alpha value is -2.97. The summed E-state index contributed by atoms with van der Waals surface area (Å²) in [6.45, 7) is 2.48. The molecule has 4 heterocycles. The molecule has 5 rings (SSSR count). The molecule has 2 fully saturated rings. The molecule has 0 aromatic heterocycles. The second-order valence-electron chi connectivity index (χ2n) is 9.57. The molecule has 2 amide bonds. The number of hydrogen-bond donors (Lipinski definition) is 1. The van der Waals surface area contributed by atoms with E-state index in [0.29, 0.717) is 19.5 Å². The van der Waals surface area contributed by atoms with Crippen LogP contribution < -0.4 is 0 Å². The minimum Gasteiger partial charge on any atom is -0.465 e. The third-order valence-corrected chi connectivity index (χ3v) is 7.39. The van der Waals surface area contributed by atoms with Crippen LogP contribution in [0.1, 0.15) is 25.3 Å². The highest BCUT2D eigenvalue weighted by molar-refractivity contribution is 5.99. The van der Waals surface area contributed by atoms with Crippen molar-refractivity contribution in [1.29, 1.82) is 0 Å². The Morgan fingerprint density at radius 2 is 1.85 bits per heavy atom. The Balaban J connectivity index is 1.59. The van der Waals surface area contributed by atoms with E-state index in [-0.39, 0.29) is 31.6 Å². The highest BCUT2D eigenvalue weighted by atomic mass is 16.6. The molecule has 1 aromatic carbocycles. The van der Waals surface area contributed by atoms with Crippen LogP contribution in [0.25, 0.3) is 0 Å². The number of carbonyl (C=O) groups excluding carboxylic acids is 3. The molecular weight excluding hydrogens is 436 g/mol. The van der Waals surface area contributed by atoms with E-state index in [1.165, 1.54) is 4.90 Å². The van der Waals surface area contributed by atoms with Crippen molar-refractivity contribution in [2.24, 2.45) is 11.8 Å². The van der Waals surface area contributed by atoms with Gasteiger partial charge in [0.1, 0.15) is 17.6 Å². The van der Waals surface area contributed by atoms with Crippen molar-refractivity contribution in [3.63, 3.8) is 0 Å². The fourth-order valence-electron chi connectivity index (χ4n) is 5.97. The number of ether oxygens (including phenoxy) is 2. The molecule has 4 aliphatic heterocycles. The number of esters is 1. The summed E-state index contributed by atoms with van der Waals surface area (Å²) in [6, 6.07) is 8.67. The third kappa shape index (κ3) is 3.47. The number of benzene rings is 1. The molecule has 0 saturated carbocycles. The molecule has 0 aliphatic carbocycles. The lowest BCUT2D eigenvalue weighted by Gasteiger charge is -2.37. The van der Waals surface area contributed by atoms with Gasteiger partial charge in [-0.15, -0.1) is 0 Å². The van der Waals surface area contributed by atoms with Crippen molar-refractivity contribution in [3.05, 3.63) is 60.2 Å². The van der Waals surface area contributed by atoms with Gasteiger partial charge in [0.25, 0.3) is 0 Å². The topological polar surface area (TPSA) is 96.4 Å². The molecule has 4 aliphatic rings. The summed E-state index contributed by atoms with van der Waals surface area (Å²) in [5, 5.41) is 9.73. The Morgan fingerprint density at radius 1 is 1.06 bits per heavy atom. The van der Waals surface area contributed by atoms with Crippen LogP contribution in [-0.2, 0) is 30.4 Å². The maximum Gasteiger partial charge on any atom is 0.313 e. The zero-order chi connectivity index (χ0) is 23.9. The monoisotopic (exact) mass is 466 g/mol. The first-order chi connectivity index (χ1) is 16.4. The van der Waals surface area contributed by atoms with E-state index in [4.69, 9.17) is 9.47 Å². The number of rotatable bonds is 4. The Labute approximate surface area is 198 Å². The van der Waals surface area contributed by atoms with Gasteiger partial charge in [0.15, 0.2) is 0 Å². The Bertz CT molecular complexity index is 1040. The first-order valence-electron chi connectivity index (χ1n) is 11.9. The maximum absolute atomic E-state index is 14.0. The van der Waals surface area contributed by atoms with Crippen molar-refractivity contribution in [2.45, 2.75) is 43.6 Å². The highest BCUT2D eigenvalue weighted by Gasteiger charge is 2.74. The minimum absolute atomic E-state index is 0.0157. The normalized spacial score (nSPS) is 36.1. The first kappa shape index (κ1) is 22.8. The Morgan fingerprint density at radius 3 is 2.62 bits per heavy atom. The first-order valence-corrected chi connectivity index (χ1v) is 11.9. The van der Waals surface area contributed by atoms with E-state index < -0.39 is 35.0 Å². The number of allylic oxidation sites excluding steroid dienone is 1. The van der Waals surface area contributed by atoms with E-state index in [2.05, 4.69) is 0 Å². The SMILES string of the molecule is C[C@]12/C=C\CCCOC(=O)[C@H]1[C@H]1C(=O)N(CCO)C3C(=O)N(Cc4ccccc4)CC=C[C@@]31O2. The lowest BCUT2D eigenvalue weighted by molar-refractivity contribution is -0.159. The summed E-state index contributed by atoms with van der Waals surface area (Å²) >= 11 is 0. The van der Waals surface area contributed by atoms with Gasteiger partial charge < -0.3 is 24.4 Å². The summed E-state index contributed by atoms with van der Waals surface area (Å²) in [7, 11) is 0. The number of hydrogen-bond acceptors (Lipinski definition) is 6. The number of likely N-dealkylation sites (tertiary alicyclic amines) is 1. The second-order valence-corrected chi connectivity index (χ2v) is 9.57. The van der Waals surface area contributed by atoms with E-state index in [9.17, 15) is 19.5 Å². The number of aliphatic hydroxyl groups excluding tert-OH is 1. The number of fused-ring (bicyclic) bond motifs is 2. The van der Waals surface area contributed by atoms with Gasteiger partial charge in [-0.2, -0.15) is 0 Å². The van der Waals surface area contributed by atoms with Crippen LogP contribution in [-0.4, -0.2) is 76.2 Å². The van der Waals surface area contributed by atoms with E-state index >= 15 is 0 Å². The summed E-state index contributed by atoms with van der Waals surface area (Å²) in [4.78, 5) is 44.1. The number of amides is 2. The maximum atomic E-state index is 14.0. The van der Waals surface area contributed by atoms with Crippen molar-refractivity contribution in [1.82, 2.24) is 9.80 Å². The third-order valence-electron chi connectivity index (χ3n) is 7.39. The molecule has 8 heteroatoms. The smallest absolute Gasteiger partial charge is 0.313 e. The Kier molecular flexibility index (Phi) is 5.81. The fourth-order valence-corrected chi connectivity index (χ4v) is 5.97. The van der Waals surface area contributed by atoms with Crippen LogP contribution in [0.5, 0.6) is 0 Å². The average Bonchev–Trinajstić information content (AvgIpc) is 3.16. The molecule has 1 N–H and O–H groups in total. The molecule has 0 bridgehead atoms. The summed E-state index contributed by atoms with van der Waals surface area (Å²) in [5.41, 5.74) is -1.44. The lowest BCUT2D eigenvalue weighted by Crippen LogP contribution is -2.56. The second kappa shape index (κ2) is 8.67. The van der Waals surface area contributed by atoms with Gasteiger partial charge in [-0.1, -0.05) is 54.6 Å². The van der Waals surface area contributed by atoms with Crippen LogP contribution in [0, 0.1) is 11.8 Å². The van der Waals surface area contributed by atoms with Gasteiger partial charge in [-0.3, -0.25) is 14.4 Å². The van der Waals surface area contributed by atoms with Crippen LogP contribution in [0.2, 0.25) is 0 Å². The van der Waals surface area contributed by atoms with Crippen molar-refractivity contribution in [2.75, 3.05) is 26.3 Å². The molecule has 2 saturated heterocycles. The van der Waals surface area contributed by atoms with Gasteiger partial charge in [-0.05, 0) is 25.3 Å². The predicted molar refractivity (Wildman–Crippen MR) is 122 cm³/mol. The van der Waals surface area contributed by atoms with Crippen molar-refractivity contribution < 1.29 is 29.0 Å². The van der Waals surface area contributed by atoms with Gasteiger partial charge >= 0.3 is 5.97 Å². The largest absolute Gasteiger partial charge is 0.465 e. The molecule has 8 nitrogen and oxygen atoms in total. The molecule has 0 radical (unpaired) electrons. The molecular formula is C26H30N2O6. The zero-order valence-corrected chi connectivity index (χ0v) is 19.3. The summed E-state index contributed by atoms with van der Waals surface area (Å²) in [6.07, 6.45) is 8.88. The fraction of sp³-hybridized carbons (Fsp3) is 0.500. The van der Waals surface area contributed by atoms with Gasteiger partial charge in [0.2, 0.25) is 11.8 Å². The lowest BCUT2D eigenvalue weighted by atomic mass is 9.74. The van der Waals surface area contributed by atoms with Gasteiger partial charge in [0, 0.05) is 19.6 Å². The molecule has 34 heavy (non-hydrogen) atoms. The number of carbonyl (C=O) groups is 3. The summed E-state index contributed by atoms with van der Waals surface area (Å²) in [5.74, 6) is -2.91. The van der Waals surface area contributed by atoms with E-state index in [0.717, 1.165) is 12.0 Å². The van der Waals surface area contributed by atoms with E-state index in [1.54, 1.807) is 17.9 Å². The summed E-state index contributed by atoms with van der Waals surface area (Å²) < 4.78 is 12.2. The quantitative estimate of drug-likeness (QED) is 0.533. The van der Waals surface area contributed by atoms with E-state index in [1.807, 2.05) is 48.6 Å². The van der Waals surface area contributed by atoms with Crippen LogP contribution in [0.4, 0.5) is 0 Å². The van der Waals surface area contributed by atoms with Crippen LogP contribution >= 0.6 is 0 Å². The number of aliphatic hydroxyl groups is 1. The standard InChI is InChI=1S/C26H30N2O6/c1-25-11-6-3-7-16-33-24(32)20(25)19-22(30)28(14-15-29)21-23(31)27(13-8-12-26(19,21)34-25)17-18-9-4-2-5-10-18/h2,4-6,8-12,19-21,29H,3,7,13-17H2,1H3/b11-6-/t19-,20+,21?,25-,26-/m0/s1. The van der Waals surface area contributed by atoms with Crippen molar-refractivity contribution >= 4 is 17.8 Å². The average molecular weight is 467 g/mol. The highest BCUT2D eigenvalue weighted by Crippen LogP contribution is 2.57. The minimum atomic E-state index is -1.32.